The van der Waals surface area contributed by atoms with Crippen LogP contribution in [0.2, 0.25) is 0 Å². The van der Waals surface area contributed by atoms with Gasteiger partial charge in [0.05, 0.1) is 0 Å². The molecule has 1 aromatic carbocycles. The fraction of sp³-hybridized carbons (Fsp3) is 0.158. The molecule has 122 valence electrons. The SMILES string of the molecule is CC(C)Nc1ccc2c(C=C(C(N)=O)c3ccccc3)c[nH]c2n1. The van der Waals surface area contributed by atoms with Gasteiger partial charge in [-0.1, -0.05) is 30.3 Å². The molecule has 24 heavy (non-hydrogen) atoms. The number of benzene rings is 1. The standard InChI is InChI=1S/C19H20N4O/c1-12(2)22-17-9-8-15-14(11-21-19(15)23-17)10-16(18(20)24)13-6-4-3-5-7-13/h3-12H,1-2H3,(H2,20,24)(H2,21,22,23). The molecule has 1 amide bonds. The van der Waals surface area contributed by atoms with Gasteiger partial charge in [-0.15, -0.1) is 0 Å². The molecule has 2 aromatic heterocycles. The zero-order chi connectivity index (χ0) is 17.1. The van der Waals surface area contributed by atoms with Gasteiger partial charge in [0.2, 0.25) is 5.91 Å². The van der Waals surface area contributed by atoms with Crippen molar-refractivity contribution in [1.29, 1.82) is 0 Å². The largest absolute Gasteiger partial charge is 0.368 e. The number of anilines is 1. The third-order valence-corrected chi connectivity index (χ3v) is 3.66. The summed E-state index contributed by atoms with van der Waals surface area (Å²) in [6.45, 7) is 4.13. The van der Waals surface area contributed by atoms with Gasteiger partial charge in [-0.25, -0.2) is 4.98 Å². The van der Waals surface area contributed by atoms with Gasteiger partial charge in [-0.2, -0.15) is 0 Å². The lowest BCUT2D eigenvalue weighted by molar-refractivity contribution is -0.112. The molecular weight excluding hydrogens is 300 g/mol. The Bertz CT molecular complexity index is 894. The number of carbonyl (C=O) groups excluding carboxylic acids is 1. The lowest BCUT2D eigenvalue weighted by Crippen LogP contribution is -2.12. The highest BCUT2D eigenvalue weighted by Gasteiger charge is 2.11. The lowest BCUT2D eigenvalue weighted by atomic mass is 10.0. The fourth-order valence-corrected chi connectivity index (χ4v) is 2.59. The van der Waals surface area contributed by atoms with E-state index in [1.807, 2.05) is 48.7 Å². The molecule has 0 bridgehead atoms. The molecule has 5 heteroatoms. The Morgan fingerprint density at radius 2 is 1.96 bits per heavy atom. The molecule has 0 saturated carbocycles. The van der Waals surface area contributed by atoms with Gasteiger partial charge in [-0.05, 0) is 37.6 Å². The molecule has 0 atom stereocenters. The van der Waals surface area contributed by atoms with Crippen LogP contribution in [0.5, 0.6) is 0 Å². The van der Waals surface area contributed by atoms with Crippen LogP contribution >= 0.6 is 0 Å². The monoisotopic (exact) mass is 320 g/mol. The molecule has 3 rings (SSSR count). The predicted octanol–water partition coefficient (Wildman–Crippen LogP) is 3.41. The third kappa shape index (κ3) is 3.30. The van der Waals surface area contributed by atoms with Crippen LogP contribution < -0.4 is 11.1 Å². The Hall–Kier alpha value is -3.08. The van der Waals surface area contributed by atoms with Crippen molar-refractivity contribution in [2.45, 2.75) is 19.9 Å². The molecule has 0 unspecified atom stereocenters. The number of hydrogen-bond acceptors (Lipinski definition) is 3. The van der Waals surface area contributed by atoms with Crippen LogP contribution in [0.4, 0.5) is 5.82 Å². The van der Waals surface area contributed by atoms with E-state index in [4.69, 9.17) is 5.73 Å². The molecule has 3 aromatic rings. The van der Waals surface area contributed by atoms with Gasteiger partial charge in [-0.3, -0.25) is 4.79 Å². The van der Waals surface area contributed by atoms with Gasteiger partial charge in [0.1, 0.15) is 11.5 Å². The Labute approximate surface area is 140 Å². The summed E-state index contributed by atoms with van der Waals surface area (Å²) in [5.41, 5.74) is 8.48. The summed E-state index contributed by atoms with van der Waals surface area (Å²) in [4.78, 5) is 19.6. The molecule has 0 aliphatic carbocycles. The van der Waals surface area contributed by atoms with Crippen LogP contribution in [0.25, 0.3) is 22.7 Å². The molecule has 0 fully saturated rings. The maximum atomic E-state index is 11.9. The molecule has 4 N–H and O–H groups in total. The van der Waals surface area contributed by atoms with E-state index in [0.29, 0.717) is 11.6 Å². The number of rotatable bonds is 5. The molecular formula is C19H20N4O. The van der Waals surface area contributed by atoms with Crippen LogP contribution in [0.1, 0.15) is 25.0 Å². The molecule has 0 radical (unpaired) electrons. The zero-order valence-electron chi connectivity index (χ0n) is 13.7. The normalized spacial score (nSPS) is 11.9. The number of nitrogens with two attached hydrogens (primary N) is 1. The number of aromatic amines is 1. The quantitative estimate of drug-likeness (QED) is 0.630. The number of H-pyrrole nitrogens is 1. The topological polar surface area (TPSA) is 83.8 Å². The second-order valence-electron chi connectivity index (χ2n) is 5.92. The molecule has 0 aliphatic heterocycles. The minimum Gasteiger partial charge on any atom is -0.368 e. The zero-order valence-corrected chi connectivity index (χ0v) is 13.7. The van der Waals surface area contributed by atoms with E-state index in [1.54, 1.807) is 6.08 Å². The summed E-state index contributed by atoms with van der Waals surface area (Å²) in [6.07, 6.45) is 3.64. The van der Waals surface area contributed by atoms with Crippen molar-refractivity contribution < 1.29 is 4.79 Å². The average molecular weight is 320 g/mol. The first-order chi connectivity index (χ1) is 11.5. The van der Waals surface area contributed by atoms with E-state index in [0.717, 1.165) is 28.0 Å². The van der Waals surface area contributed by atoms with Crippen molar-refractivity contribution in [3.8, 4) is 0 Å². The number of carbonyl (C=O) groups is 1. The van der Waals surface area contributed by atoms with Gasteiger partial charge in [0.15, 0.2) is 0 Å². The summed E-state index contributed by atoms with van der Waals surface area (Å²) in [7, 11) is 0. The predicted molar refractivity (Wildman–Crippen MR) is 98.4 cm³/mol. The number of nitrogens with one attached hydrogen (secondary N) is 2. The minimum absolute atomic E-state index is 0.309. The maximum Gasteiger partial charge on any atom is 0.249 e. The van der Waals surface area contributed by atoms with Crippen molar-refractivity contribution in [2.24, 2.45) is 5.73 Å². The Balaban J connectivity index is 2.03. The van der Waals surface area contributed by atoms with E-state index in [2.05, 4.69) is 29.1 Å². The molecule has 5 nitrogen and oxygen atoms in total. The highest BCUT2D eigenvalue weighted by molar-refractivity contribution is 6.24. The van der Waals surface area contributed by atoms with Crippen LogP contribution in [0, 0.1) is 0 Å². The first-order valence-corrected chi connectivity index (χ1v) is 7.86. The summed E-state index contributed by atoms with van der Waals surface area (Å²) < 4.78 is 0. The summed E-state index contributed by atoms with van der Waals surface area (Å²) in [5.74, 6) is 0.356. The van der Waals surface area contributed by atoms with E-state index in [-0.39, 0.29) is 0 Å². The van der Waals surface area contributed by atoms with Crippen molar-refractivity contribution in [1.82, 2.24) is 9.97 Å². The molecule has 0 spiro atoms. The van der Waals surface area contributed by atoms with Crippen molar-refractivity contribution in [2.75, 3.05) is 5.32 Å². The highest BCUT2D eigenvalue weighted by atomic mass is 16.1. The Morgan fingerprint density at radius 1 is 1.21 bits per heavy atom. The van der Waals surface area contributed by atoms with Crippen LogP contribution in [-0.4, -0.2) is 21.9 Å². The molecule has 0 saturated heterocycles. The Morgan fingerprint density at radius 3 is 2.62 bits per heavy atom. The van der Waals surface area contributed by atoms with E-state index in [9.17, 15) is 4.79 Å². The number of hydrogen-bond donors (Lipinski definition) is 3. The van der Waals surface area contributed by atoms with Gasteiger partial charge >= 0.3 is 0 Å². The van der Waals surface area contributed by atoms with Gasteiger partial charge < -0.3 is 16.0 Å². The number of amides is 1. The second-order valence-corrected chi connectivity index (χ2v) is 5.92. The maximum absolute atomic E-state index is 11.9. The van der Waals surface area contributed by atoms with Crippen molar-refractivity contribution >= 4 is 34.4 Å². The first kappa shape index (κ1) is 15.8. The number of pyridine rings is 1. The van der Waals surface area contributed by atoms with E-state index < -0.39 is 5.91 Å². The summed E-state index contributed by atoms with van der Waals surface area (Å²) >= 11 is 0. The second kappa shape index (κ2) is 6.58. The lowest BCUT2D eigenvalue weighted by Gasteiger charge is -2.08. The van der Waals surface area contributed by atoms with Crippen LogP contribution in [0.15, 0.2) is 48.7 Å². The number of fused-ring (bicyclic) bond motifs is 1. The third-order valence-electron chi connectivity index (χ3n) is 3.66. The molecule has 2 heterocycles. The smallest absolute Gasteiger partial charge is 0.249 e. The first-order valence-electron chi connectivity index (χ1n) is 7.86. The van der Waals surface area contributed by atoms with Crippen LogP contribution in [0.3, 0.4) is 0 Å². The van der Waals surface area contributed by atoms with Gasteiger partial charge in [0, 0.05) is 28.8 Å². The minimum atomic E-state index is -0.457. The van der Waals surface area contributed by atoms with Crippen molar-refractivity contribution in [3.05, 3.63) is 59.8 Å². The van der Waals surface area contributed by atoms with Gasteiger partial charge in [0.25, 0.3) is 0 Å². The average Bonchev–Trinajstić information content (AvgIpc) is 2.94. The number of primary amides is 1. The van der Waals surface area contributed by atoms with Crippen molar-refractivity contribution in [3.63, 3.8) is 0 Å². The molecule has 0 aliphatic rings. The number of nitrogens with zero attached hydrogens (tertiary/aromatic N) is 1. The van der Waals surface area contributed by atoms with E-state index in [1.165, 1.54) is 0 Å². The summed E-state index contributed by atoms with van der Waals surface area (Å²) in [6, 6.07) is 13.6. The fourth-order valence-electron chi connectivity index (χ4n) is 2.59. The van der Waals surface area contributed by atoms with E-state index >= 15 is 0 Å². The Kier molecular flexibility index (Phi) is 4.33. The van der Waals surface area contributed by atoms with Crippen LogP contribution in [-0.2, 0) is 4.79 Å². The number of aromatic nitrogens is 2. The summed E-state index contributed by atoms with van der Waals surface area (Å²) in [5, 5.41) is 4.21. The highest BCUT2D eigenvalue weighted by Crippen LogP contribution is 2.24.